The summed E-state index contributed by atoms with van der Waals surface area (Å²) in [4.78, 5) is 28.1. The quantitative estimate of drug-likeness (QED) is 0.451. The van der Waals surface area contributed by atoms with Crippen molar-refractivity contribution in [2.45, 2.75) is 40.0 Å². The summed E-state index contributed by atoms with van der Waals surface area (Å²) in [7, 11) is 1.58. The SMILES string of the molecule is COc1ccccc1NC(=O)c1c(NC(=O)c2cccs2)sc2c1CCC(C(C)(C)C)C2. The molecule has 1 atom stereocenters. The fourth-order valence-corrected chi connectivity index (χ4v) is 6.10. The first-order valence-corrected chi connectivity index (χ1v) is 12.4. The lowest BCUT2D eigenvalue weighted by Gasteiger charge is -2.33. The second-order valence-corrected chi connectivity index (χ2v) is 11.2. The molecule has 1 aliphatic rings. The van der Waals surface area contributed by atoms with Gasteiger partial charge in [0.15, 0.2) is 0 Å². The Hall–Kier alpha value is -2.64. The summed E-state index contributed by atoms with van der Waals surface area (Å²) in [6.07, 6.45) is 2.78. The number of anilines is 2. The van der Waals surface area contributed by atoms with Crippen molar-refractivity contribution in [2.24, 2.45) is 11.3 Å². The number of fused-ring (bicyclic) bond motifs is 1. The molecule has 0 spiro atoms. The van der Waals surface area contributed by atoms with Gasteiger partial charge in [0.05, 0.1) is 23.2 Å². The monoisotopic (exact) mass is 468 g/mol. The minimum Gasteiger partial charge on any atom is -0.495 e. The van der Waals surface area contributed by atoms with Crippen LogP contribution in [0.1, 0.15) is 57.7 Å². The number of thiophene rings is 2. The lowest BCUT2D eigenvalue weighted by Crippen LogP contribution is -2.27. The molecule has 0 fully saturated rings. The molecule has 168 valence electrons. The topological polar surface area (TPSA) is 67.4 Å². The van der Waals surface area contributed by atoms with Gasteiger partial charge in [0.25, 0.3) is 11.8 Å². The molecule has 0 bridgehead atoms. The van der Waals surface area contributed by atoms with Crippen LogP contribution in [-0.4, -0.2) is 18.9 Å². The highest BCUT2D eigenvalue weighted by Gasteiger charge is 2.34. The Balaban J connectivity index is 1.70. The second kappa shape index (κ2) is 9.08. The van der Waals surface area contributed by atoms with Gasteiger partial charge in [0, 0.05) is 4.88 Å². The van der Waals surface area contributed by atoms with Crippen LogP contribution in [0.15, 0.2) is 41.8 Å². The van der Waals surface area contributed by atoms with Gasteiger partial charge < -0.3 is 15.4 Å². The van der Waals surface area contributed by atoms with Gasteiger partial charge in [-0.1, -0.05) is 39.0 Å². The maximum absolute atomic E-state index is 13.5. The van der Waals surface area contributed by atoms with E-state index in [0.29, 0.717) is 32.8 Å². The summed E-state index contributed by atoms with van der Waals surface area (Å²) in [5.41, 5.74) is 2.44. The first-order chi connectivity index (χ1) is 15.3. The van der Waals surface area contributed by atoms with Crippen LogP contribution in [-0.2, 0) is 12.8 Å². The highest BCUT2D eigenvalue weighted by atomic mass is 32.1. The van der Waals surface area contributed by atoms with Crippen molar-refractivity contribution < 1.29 is 14.3 Å². The van der Waals surface area contributed by atoms with Gasteiger partial charge in [-0.25, -0.2) is 0 Å². The predicted molar refractivity (Wildman–Crippen MR) is 133 cm³/mol. The molecule has 32 heavy (non-hydrogen) atoms. The van der Waals surface area contributed by atoms with Crippen LogP contribution in [0.25, 0.3) is 0 Å². The van der Waals surface area contributed by atoms with Crippen molar-refractivity contribution in [1.29, 1.82) is 0 Å². The number of para-hydroxylation sites is 2. The molecule has 2 N–H and O–H groups in total. The molecule has 7 heteroatoms. The smallest absolute Gasteiger partial charge is 0.266 e. The molecule has 0 aliphatic heterocycles. The first kappa shape index (κ1) is 22.6. The molecule has 0 radical (unpaired) electrons. The fourth-order valence-electron chi connectivity index (χ4n) is 4.16. The van der Waals surface area contributed by atoms with E-state index >= 15 is 0 Å². The third kappa shape index (κ3) is 4.59. The maximum atomic E-state index is 13.5. The lowest BCUT2D eigenvalue weighted by molar-refractivity contribution is 0.102. The molecule has 0 saturated carbocycles. The standard InChI is InChI=1S/C25H28N2O3S2/c1-25(2,3)15-11-12-16-20(14-15)32-24(27-22(28)19-10-7-13-31-19)21(16)23(29)26-17-8-5-6-9-18(17)30-4/h5-10,13,15H,11-12,14H2,1-4H3,(H,26,29)(H,27,28). The van der Waals surface area contributed by atoms with Gasteiger partial charge in [-0.05, 0) is 59.7 Å². The molecule has 2 heterocycles. The van der Waals surface area contributed by atoms with Gasteiger partial charge >= 0.3 is 0 Å². The Morgan fingerprint density at radius 2 is 1.84 bits per heavy atom. The third-order valence-electron chi connectivity index (χ3n) is 6.04. The van der Waals surface area contributed by atoms with Crippen molar-refractivity contribution in [1.82, 2.24) is 0 Å². The normalized spacial score (nSPS) is 15.7. The number of carbonyl (C=O) groups is 2. The van der Waals surface area contributed by atoms with E-state index in [2.05, 4.69) is 31.4 Å². The third-order valence-corrected chi connectivity index (χ3v) is 8.08. The highest BCUT2D eigenvalue weighted by Crippen LogP contribution is 2.44. The van der Waals surface area contributed by atoms with Crippen molar-refractivity contribution in [2.75, 3.05) is 17.7 Å². The second-order valence-electron chi connectivity index (χ2n) is 9.10. The molecule has 0 saturated heterocycles. The van der Waals surface area contributed by atoms with Crippen molar-refractivity contribution in [3.63, 3.8) is 0 Å². The fraction of sp³-hybridized carbons (Fsp3) is 0.360. The number of rotatable bonds is 5. The molecular weight excluding hydrogens is 440 g/mol. The lowest BCUT2D eigenvalue weighted by atomic mass is 9.72. The summed E-state index contributed by atoms with van der Waals surface area (Å²) in [5, 5.41) is 8.51. The van der Waals surface area contributed by atoms with Crippen LogP contribution in [0.4, 0.5) is 10.7 Å². The summed E-state index contributed by atoms with van der Waals surface area (Å²) in [6.45, 7) is 6.81. The molecule has 1 aromatic carbocycles. The predicted octanol–water partition coefficient (Wildman–Crippen LogP) is 6.47. The molecule has 5 nitrogen and oxygen atoms in total. The number of amides is 2. The van der Waals surface area contributed by atoms with E-state index in [1.54, 1.807) is 13.2 Å². The van der Waals surface area contributed by atoms with E-state index in [9.17, 15) is 9.59 Å². The zero-order valence-electron chi connectivity index (χ0n) is 18.8. The zero-order chi connectivity index (χ0) is 22.9. The Labute approximate surface area is 196 Å². The average molecular weight is 469 g/mol. The van der Waals surface area contributed by atoms with Crippen LogP contribution in [0.2, 0.25) is 0 Å². The number of hydrogen-bond acceptors (Lipinski definition) is 5. The average Bonchev–Trinajstić information content (AvgIpc) is 3.41. The molecule has 1 unspecified atom stereocenters. The van der Waals surface area contributed by atoms with Crippen LogP contribution < -0.4 is 15.4 Å². The Morgan fingerprint density at radius 1 is 1.06 bits per heavy atom. The van der Waals surface area contributed by atoms with Gasteiger partial charge in [-0.15, -0.1) is 22.7 Å². The molecule has 3 aromatic rings. The van der Waals surface area contributed by atoms with Crippen molar-refractivity contribution >= 4 is 45.2 Å². The number of nitrogens with one attached hydrogen (secondary N) is 2. The molecule has 2 aromatic heterocycles. The number of methoxy groups -OCH3 is 1. The highest BCUT2D eigenvalue weighted by molar-refractivity contribution is 7.17. The van der Waals surface area contributed by atoms with E-state index in [1.165, 1.54) is 27.6 Å². The van der Waals surface area contributed by atoms with Crippen LogP contribution in [0, 0.1) is 11.3 Å². The van der Waals surface area contributed by atoms with Crippen molar-refractivity contribution in [3.05, 3.63) is 62.7 Å². The summed E-state index contributed by atoms with van der Waals surface area (Å²) in [6, 6.07) is 11.0. The van der Waals surface area contributed by atoms with Gasteiger partial charge in [-0.3, -0.25) is 9.59 Å². The minimum absolute atomic E-state index is 0.183. The molecule has 2 amide bonds. The first-order valence-electron chi connectivity index (χ1n) is 10.7. The molecule has 4 rings (SSSR count). The molecule has 1 aliphatic carbocycles. The Morgan fingerprint density at radius 3 is 2.53 bits per heavy atom. The van der Waals surface area contributed by atoms with Crippen LogP contribution in [0.3, 0.4) is 0 Å². The van der Waals surface area contributed by atoms with Crippen molar-refractivity contribution in [3.8, 4) is 5.75 Å². The van der Waals surface area contributed by atoms with Gasteiger partial charge in [0.1, 0.15) is 10.8 Å². The van der Waals surface area contributed by atoms with Gasteiger partial charge in [-0.2, -0.15) is 0 Å². The number of ether oxygens (including phenoxy) is 1. The van der Waals surface area contributed by atoms with Crippen LogP contribution in [0.5, 0.6) is 5.75 Å². The largest absolute Gasteiger partial charge is 0.495 e. The molecular formula is C25H28N2O3S2. The number of carbonyl (C=O) groups excluding carboxylic acids is 2. The zero-order valence-corrected chi connectivity index (χ0v) is 20.4. The summed E-state index contributed by atoms with van der Waals surface area (Å²) < 4.78 is 5.39. The minimum atomic E-state index is -0.220. The van der Waals surface area contributed by atoms with Crippen LogP contribution >= 0.6 is 22.7 Å². The Kier molecular flexibility index (Phi) is 6.40. The Bertz CT molecular complexity index is 1130. The van der Waals surface area contributed by atoms with Gasteiger partial charge in [0.2, 0.25) is 0 Å². The number of hydrogen-bond donors (Lipinski definition) is 2. The van der Waals surface area contributed by atoms with E-state index in [4.69, 9.17) is 4.74 Å². The number of benzene rings is 1. The van der Waals surface area contributed by atoms with E-state index in [1.807, 2.05) is 35.7 Å². The van der Waals surface area contributed by atoms with E-state index in [-0.39, 0.29) is 17.2 Å². The van der Waals surface area contributed by atoms with E-state index < -0.39 is 0 Å². The summed E-state index contributed by atoms with van der Waals surface area (Å²) in [5.74, 6) is 0.738. The summed E-state index contributed by atoms with van der Waals surface area (Å²) >= 11 is 2.92. The maximum Gasteiger partial charge on any atom is 0.266 e. The van der Waals surface area contributed by atoms with E-state index in [0.717, 1.165) is 24.8 Å².